The monoisotopic (exact) mass is 301 g/mol. The molecule has 0 unspecified atom stereocenters. The van der Waals surface area contributed by atoms with Gasteiger partial charge in [0.2, 0.25) is 0 Å². The zero-order valence-electron chi connectivity index (χ0n) is 13.1. The standard InChI is InChI=1S/C17H19NO4/c1-17(2,3)22-16(20)18-10-6-9-14(18)12-7-5-8-13(11-12)15(19)21-4/h5-11H,1-4H3. The van der Waals surface area contributed by atoms with Crippen LogP contribution < -0.4 is 0 Å². The van der Waals surface area contributed by atoms with Crippen molar-refractivity contribution >= 4 is 12.1 Å². The van der Waals surface area contributed by atoms with Gasteiger partial charge in [-0.25, -0.2) is 9.59 Å². The first kappa shape index (κ1) is 15.8. The Labute approximate surface area is 129 Å². The lowest BCUT2D eigenvalue weighted by atomic mass is 10.1. The Hall–Kier alpha value is -2.56. The molecule has 0 saturated heterocycles. The van der Waals surface area contributed by atoms with Crippen LogP contribution in [0.1, 0.15) is 31.1 Å². The highest BCUT2D eigenvalue weighted by Crippen LogP contribution is 2.23. The van der Waals surface area contributed by atoms with Crippen molar-refractivity contribution in [3.8, 4) is 11.3 Å². The van der Waals surface area contributed by atoms with Gasteiger partial charge in [-0.3, -0.25) is 4.57 Å². The number of hydrogen-bond acceptors (Lipinski definition) is 4. The maximum absolute atomic E-state index is 12.2. The van der Waals surface area contributed by atoms with Crippen molar-refractivity contribution in [1.82, 2.24) is 4.57 Å². The van der Waals surface area contributed by atoms with Crippen LogP contribution in [-0.2, 0) is 9.47 Å². The molecule has 5 nitrogen and oxygen atoms in total. The SMILES string of the molecule is COC(=O)c1cccc(-c2cccn2C(=O)OC(C)(C)C)c1. The van der Waals surface area contributed by atoms with Crippen molar-refractivity contribution in [1.29, 1.82) is 0 Å². The van der Waals surface area contributed by atoms with Crippen LogP contribution in [0.4, 0.5) is 4.79 Å². The highest BCUT2D eigenvalue weighted by atomic mass is 16.6. The van der Waals surface area contributed by atoms with Gasteiger partial charge in [0, 0.05) is 6.20 Å². The summed E-state index contributed by atoms with van der Waals surface area (Å²) in [6.07, 6.45) is 1.17. The van der Waals surface area contributed by atoms with E-state index in [9.17, 15) is 9.59 Å². The molecular weight excluding hydrogens is 282 g/mol. The molecular formula is C17H19NO4. The fourth-order valence-corrected chi connectivity index (χ4v) is 2.01. The molecule has 0 fully saturated rings. The Bertz CT molecular complexity index is 695. The number of benzene rings is 1. The van der Waals surface area contributed by atoms with Crippen LogP contribution in [0.25, 0.3) is 11.3 Å². The van der Waals surface area contributed by atoms with E-state index in [0.717, 1.165) is 5.56 Å². The predicted molar refractivity (Wildman–Crippen MR) is 82.8 cm³/mol. The number of nitrogens with zero attached hydrogens (tertiary/aromatic N) is 1. The highest BCUT2D eigenvalue weighted by molar-refractivity contribution is 5.91. The predicted octanol–water partition coefficient (Wildman–Crippen LogP) is 3.72. The number of ether oxygens (including phenoxy) is 2. The Morgan fingerprint density at radius 1 is 1.09 bits per heavy atom. The molecule has 0 radical (unpaired) electrons. The molecule has 0 spiro atoms. The molecule has 0 amide bonds. The van der Waals surface area contributed by atoms with Gasteiger partial charge in [-0.15, -0.1) is 0 Å². The second-order valence-electron chi connectivity index (χ2n) is 5.82. The second kappa shape index (κ2) is 6.05. The molecule has 1 aromatic carbocycles. The lowest BCUT2D eigenvalue weighted by Crippen LogP contribution is -2.27. The minimum Gasteiger partial charge on any atom is -0.465 e. The zero-order valence-corrected chi connectivity index (χ0v) is 13.1. The Balaban J connectivity index is 2.37. The van der Waals surface area contributed by atoms with Crippen LogP contribution in [0.5, 0.6) is 0 Å². The molecule has 5 heteroatoms. The average Bonchev–Trinajstić information content (AvgIpc) is 2.94. The van der Waals surface area contributed by atoms with E-state index in [0.29, 0.717) is 11.3 Å². The third-order valence-corrected chi connectivity index (χ3v) is 2.92. The number of rotatable bonds is 2. The number of hydrogen-bond donors (Lipinski definition) is 0. The first-order chi connectivity index (χ1) is 10.3. The van der Waals surface area contributed by atoms with Crippen molar-refractivity contribution in [2.24, 2.45) is 0 Å². The van der Waals surface area contributed by atoms with E-state index in [1.54, 1.807) is 36.5 Å². The van der Waals surface area contributed by atoms with Gasteiger partial charge in [0.1, 0.15) is 5.60 Å². The minimum absolute atomic E-state index is 0.419. The third-order valence-electron chi connectivity index (χ3n) is 2.92. The van der Waals surface area contributed by atoms with E-state index >= 15 is 0 Å². The highest BCUT2D eigenvalue weighted by Gasteiger charge is 2.20. The lowest BCUT2D eigenvalue weighted by molar-refractivity contribution is 0.0539. The summed E-state index contributed by atoms with van der Waals surface area (Å²) < 4.78 is 11.5. The molecule has 22 heavy (non-hydrogen) atoms. The second-order valence-corrected chi connectivity index (χ2v) is 5.82. The number of aromatic nitrogens is 1. The van der Waals surface area contributed by atoms with Crippen LogP contribution in [-0.4, -0.2) is 29.3 Å². The maximum atomic E-state index is 12.2. The van der Waals surface area contributed by atoms with E-state index in [2.05, 4.69) is 0 Å². The fourth-order valence-electron chi connectivity index (χ4n) is 2.01. The van der Waals surface area contributed by atoms with Gasteiger partial charge in [0.25, 0.3) is 0 Å². The quantitative estimate of drug-likeness (QED) is 0.793. The molecule has 1 heterocycles. The summed E-state index contributed by atoms with van der Waals surface area (Å²) in [5.41, 5.74) is 1.24. The van der Waals surface area contributed by atoms with Crippen LogP contribution in [0.3, 0.4) is 0 Å². The van der Waals surface area contributed by atoms with E-state index < -0.39 is 17.7 Å². The van der Waals surface area contributed by atoms with Gasteiger partial charge in [-0.1, -0.05) is 12.1 Å². The fraction of sp³-hybridized carbons (Fsp3) is 0.294. The number of esters is 1. The van der Waals surface area contributed by atoms with E-state index in [1.807, 2.05) is 26.8 Å². The Morgan fingerprint density at radius 3 is 2.45 bits per heavy atom. The zero-order chi connectivity index (χ0) is 16.3. The smallest absolute Gasteiger partial charge is 0.418 e. The number of carbonyl (C=O) groups is 2. The van der Waals surface area contributed by atoms with E-state index in [-0.39, 0.29) is 0 Å². The summed E-state index contributed by atoms with van der Waals surface area (Å²) >= 11 is 0. The largest absolute Gasteiger partial charge is 0.465 e. The molecule has 2 rings (SSSR count). The van der Waals surface area contributed by atoms with Gasteiger partial charge in [0.15, 0.2) is 0 Å². The summed E-state index contributed by atoms with van der Waals surface area (Å²) in [6.45, 7) is 5.43. The van der Waals surface area contributed by atoms with Crippen molar-refractivity contribution in [3.05, 3.63) is 48.2 Å². The molecule has 0 N–H and O–H groups in total. The number of methoxy groups -OCH3 is 1. The molecule has 0 bridgehead atoms. The first-order valence-electron chi connectivity index (χ1n) is 6.91. The van der Waals surface area contributed by atoms with Gasteiger partial charge in [-0.2, -0.15) is 0 Å². The van der Waals surface area contributed by atoms with E-state index in [4.69, 9.17) is 9.47 Å². The van der Waals surface area contributed by atoms with E-state index in [1.165, 1.54) is 11.7 Å². The van der Waals surface area contributed by atoms with Crippen molar-refractivity contribution in [3.63, 3.8) is 0 Å². The van der Waals surface area contributed by atoms with Crippen molar-refractivity contribution < 1.29 is 19.1 Å². The summed E-state index contributed by atoms with van der Waals surface area (Å²) in [4.78, 5) is 23.9. The molecule has 0 aliphatic heterocycles. The Kier molecular flexibility index (Phi) is 4.35. The van der Waals surface area contributed by atoms with Crippen LogP contribution >= 0.6 is 0 Å². The summed E-state index contributed by atoms with van der Waals surface area (Å²) in [5, 5.41) is 0. The molecule has 2 aromatic rings. The molecule has 0 aliphatic rings. The minimum atomic E-state index is -0.577. The van der Waals surface area contributed by atoms with Crippen molar-refractivity contribution in [2.45, 2.75) is 26.4 Å². The van der Waals surface area contributed by atoms with Crippen LogP contribution in [0.15, 0.2) is 42.6 Å². The Morgan fingerprint density at radius 2 is 1.82 bits per heavy atom. The summed E-state index contributed by atoms with van der Waals surface area (Å²) in [7, 11) is 1.33. The van der Waals surface area contributed by atoms with Gasteiger partial charge < -0.3 is 9.47 Å². The molecule has 0 saturated carbocycles. The maximum Gasteiger partial charge on any atom is 0.418 e. The van der Waals surface area contributed by atoms with Crippen LogP contribution in [0, 0.1) is 0 Å². The van der Waals surface area contributed by atoms with Gasteiger partial charge in [-0.05, 0) is 50.6 Å². The average molecular weight is 301 g/mol. The lowest BCUT2D eigenvalue weighted by Gasteiger charge is -2.20. The normalized spacial score (nSPS) is 11.1. The van der Waals surface area contributed by atoms with Gasteiger partial charge in [0.05, 0.1) is 18.4 Å². The molecule has 116 valence electrons. The third kappa shape index (κ3) is 3.55. The number of carbonyl (C=O) groups excluding carboxylic acids is 2. The van der Waals surface area contributed by atoms with Gasteiger partial charge >= 0.3 is 12.1 Å². The summed E-state index contributed by atoms with van der Waals surface area (Å²) in [6, 6.07) is 10.5. The summed E-state index contributed by atoms with van der Waals surface area (Å²) in [5.74, 6) is -0.419. The molecule has 1 aromatic heterocycles. The first-order valence-corrected chi connectivity index (χ1v) is 6.91. The molecule has 0 aliphatic carbocycles. The molecule has 0 atom stereocenters. The topological polar surface area (TPSA) is 57.5 Å². The van der Waals surface area contributed by atoms with Crippen LogP contribution in [0.2, 0.25) is 0 Å². The van der Waals surface area contributed by atoms with Crippen molar-refractivity contribution in [2.75, 3.05) is 7.11 Å².